The first-order valence-corrected chi connectivity index (χ1v) is 12.4. The normalized spacial score (nSPS) is 25.8. The van der Waals surface area contributed by atoms with Gasteiger partial charge in [0.05, 0.1) is 12.2 Å². The molecule has 2 N–H and O–H groups in total. The molecule has 1 fully saturated rings. The Balaban J connectivity index is 2.16. The highest BCUT2D eigenvalue weighted by atomic mass is 28.4. The smallest absolute Gasteiger partial charge is 0.261 e. The van der Waals surface area contributed by atoms with Crippen LogP contribution in [-0.2, 0) is 4.43 Å². The van der Waals surface area contributed by atoms with Crippen LogP contribution in [0.2, 0.25) is 5.04 Å². The molecule has 0 radical (unpaired) electrons. The van der Waals surface area contributed by atoms with Crippen molar-refractivity contribution in [3.63, 3.8) is 0 Å². The van der Waals surface area contributed by atoms with E-state index in [4.69, 9.17) is 4.43 Å². The third-order valence-corrected chi connectivity index (χ3v) is 11.4. The lowest BCUT2D eigenvalue weighted by atomic mass is 10.0. The van der Waals surface area contributed by atoms with Crippen molar-refractivity contribution in [1.29, 1.82) is 0 Å². The zero-order valence-corrected chi connectivity index (χ0v) is 18.9. The molecule has 3 nitrogen and oxygen atoms in total. The summed E-state index contributed by atoms with van der Waals surface area (Å²) in [4.78, 5) is 0. The molecule has 4 atom stereocenters. The largest absolute Gasteiger partial charge is 0.400 e. The molecule has 0 bridgehead atoms. The second-order valence-corrected chi connectivity index (χ2v) is 13.3. The third-order valence-electron chi connectivity index (χ3n) is 6.40. The van der Waals surface area contributed by atoms with Gasteiger partial charge in [-0.25, -0.2) is 0 Å². The maximum atomic E-state index is 11.1. The Labute approximate surface area is 171 Å². The van der Waals surface area contributed by atoms with E-state index in [1.165, 1.54) is 10.4 Å². The van der Waals surface area contributed by atoms with Crippen LogP contribution in [0.15, 0.2) is 60.7 Å². The quantitative estimate of drug-likeness (QED) is 0.735. The summed E-state index contributed by atoms with van der Waals surface area (Å²) in [6.07, 6.45) is 1.28. The molecule has 1 saturated carbocycles. The molecule has 1 aliphatic carbocycles. The van der Waals surface area contributed by atoms with Crippen LogP contribution >= 0.6 is 0 Å². The van der Waals surface area contributed by atoms with Gasteiger partial charge >= 0.3 is 0 Å². The number of aliphatic hydroxyl groups excluding tert-OH is 1. The van der Waals surface area contributed by atoms with Crippen LogP contribution < -0.4 is 15.7 Å². The summed E-state index contributed by atoms with van der Waals surface area (Å²) in [7, 11) is -0.673. The van der Waals surface area contributed by atoms with Gasteiger partial charge in [0.2, 0.25) is 0 Å². The molecular weight excluding hydrogens is 362 g/mol. The summed E-state index contributed by atoms with van der Waals surface area (Å²) >= 11 is 0. The molecule has 28 heavy (non-hydrogen) atoms. The Kier molecular flexibility index (Phi) is 6.45. The molecular formula is C24H35NO2Si. The van der Waals surface area contributed by atoms with E-state index in [1.54, 1.807) is 0 Å². The van der Waals surface area contributed by atoms with Gasteiger partial charge in [-0.15, -0.1) is 0 Å². The average Bonchev–Trinajstić information content (AvgIpc) is 3.01. The second kappa shape index (κ2) is 8.50. The maximum Gasteiger partial charge on any atom is 0.261 e. The zero-order valence-electron chi connectivity index (χ0n) is 17.9. The molecule has 0 aromatic heterocycles. The van der Waals surface area contributed by atoms with Crippen molar-refractivity contribution in [1.82, 2.24) is 5.32 Å². The van der Waals surface area contributed by atoms with Gasteiger partial charge < -0.3 is 14.8 Å². The highest BCUT2D eigenvalue weighted by Gasteiger charge is 2.55. The highest BCUT2D eigenvalue weighted by Crippen LogP contribution is 2.41. The molecule has 0 heterocycles. The van der Waals surface area contributed by atoms with Crippen molar-refractivity contribution in [3.05, 3.63) is 60.7 Å². The van der Waals surface area contributed by atoms with Gasteiger partial charge in [-0.2, -0.15) is 0 Å². The Morgan fingerprint density at radius 3 is 1.89 bits per heavy atom. The van der Waals surface area contributed by atoms with Crippen molar-refractivity contribution < 1.29 is 9.53 Å². The summed E-state index contributed by atoms with van der Waals surface area (Å²) in [5.41, 5.74) is 0. The van der Waals surface area contributed by atoms with E-state index in [9.17, 15) is 5.11 Å². The lowest BCUT2D eigenvalue weighted by Crippen LogP contribution is -2.69. The monoisotopic (exact) mass is 397 g/mol. The van der Waals surface area contributed by atoms with Crippen LogP contribution in [0.3, 0.4) is 0 Å². The van der Waals surface area contributed by atoms with Crippen molar-refractivity contribution in [3.8, 4) is 0 Å². The van der Waals surface area contributed by atoms with E-state index in [0.717, 1.165) is 12.8 Å². The number of hydrogen-bond acceptors (Lipinski definition) is 3. The first-order chi connectivity index (χ1) is 13.3. The van der Waals surface area contributed by atoms with E-state index in [-0.39, 0.29) is 23.1 Å². The summed E-state index contributed by atoms with van der Waals surface area (Å²) < 4.78 is 7.21. The van der Waals surface area contributed by atoms with Crippen LogP contribution in [0.5, 0.6) is 0 Å². The van der Waals surface area contributed by atoms with Gasteiger partial charge in [0.15, 0.2) is 0 Å². The fourth-order valence-electron chi connectivity index (χ4n) is 4.84. The van der Waals surface area contributed by atoms with Gasteiger partial charge in [-0.05, 0) is 34.8 Å². The summed E-state index contributed by atoms with van der Waals surface area (Å²) in [5, 5.41) is 17.0. The molecule has 152 valence electrons. The molecule has 3 rings (SSSR count). The first kappa shape index (κ1) is 21.3. The Hall–Kier alpha value is -1.46. The van der Waals surface area contributed by atoms with E-state index >= 15 is 0 Å². The van der Waals surface area contributed by atoms with Crippen molar-refractivity contribution in [2.75, 3.05) is 7.05 Å². The lowest BCUT2D eigenvalue weighted by Gasteiger charge is -2.46. The van der Waals surface area contributed by atoms with E-state index in [2.05, 4.69) is 93.7 Å². The molecule has 1 aliphatic rings. The van der Waals surface area contributed by atoms with E-state index < -0.39 is 14.4 Å². The number of likely N-dealkylation sites (N-methyl/N-ethyl adjacent to an activating group) is 1. The standard InChI is InChI=1S/C24H35NO2Si/c1-6-18-17-21(25-5)23(22(18)26)27-28(24(2,3)4,19-13-9-7-10-14-19)20-15-11-8-12-16-20/h7-16,18,21-23,25-26H,6,17H2,1-5H3/t18-,21+,22+,23-/m0/s1. The number of benzene rings is 2. The van der Waals surface area contributed by atoms with Gasteiger partial charge in [-0.1, -0.05) is 94.8 Å². The van der Waals surface area contributed by atoms with Crippen LogP contribution in [0.1, 0.15) is 40.5 Å². The summed E-state index contributed by atoms with van der Waals surface area (Å²) in [5.74, 6) is 0.278. The molecule has 2 aromatic rings. The molecule has 0 saturated heterocycles. The predicted molar refractivity (Wildman–Crippen MR) is 120 cm³/mol. The zero-order chi connectivity index (χ0) is 20.4. The summed E-state index contributed by atoms with van der Waals surface area (Å²) in [6, 6.07) is 21.5. The van der Waals surface area contributed by atoms with Gasteiger partial charge in [0, 0.05) is 6.04 Å². The van der Waals surface area contributed by atoms with E-state index in [1.807, 2.05) is 7.05 Å². The lowest BCUT2D eigenvalue weighted by molar-refractivity contribution is 0.0209. The number of aliphatic hydroxyl groups is 1. The fraction of sp³-hybridized carbons (Fsp3) is 0.500. The predicted octanol–water partition coefficient (Wildman–Crippen LogP) is 3.31. The maximum absolute atomic E-state index is 11.1. The number of hydrogen-bond donors (Lipinski definition) is 2. The minimum atomic E-state index is -2.66. The van der Waals surface area contributed by atoms with Crippen LogP contribution in [0.25, 0.3) is 0 Å². The molecule has 0 unspecified atom stereocenters. The van der Waals surface area contributed by atoms with Crippen molar-refractivity contribution in [2.24, 2.45) is 5.92 Å². The van der Waals surface area contributed by atoms with Crippen LogP contribution in [0.4, 0.5) is 0 Å². The minimum absolute atomic E-state index is 0.0853. The van der Waals surface area contributed by atoms with Crippen molar-refractivity contribution >= 4 is 18.7 Å². The van der Waals surface area contributed by atoms with Crippen LogP contribution in [0, 0.1) is 5.92 Å². The Morgan fingerprint density at radius 2 is 1.50 bits per heavy atom. The van der Waals surface area contributed by atoms with Crippen LogP contribution in [-0.4, -0.2) is 38.7 Å². The van der Waals surface area contributed by atoms with Gasteiger partial charge in [0.25, 0.3) is 8.32 Å². The highest BCUT2D eigenvalue weighted by molar-refractivity contribution is 6.99. The number of nitrogens with one attached hydrogen (secondary N) is 1. The molecule has 2 aromatic carbocycles. The topological polar surface area (TPSA) is 41.5 Å². The SMILES string of the molecule is CC[C@H]1C[C@@H](NC)[C@H](O[Si](c2ccccc2)(c2ccccc2)C(C)(C)C)[C@@H]1O. The second-order valence-electron chi connectivity index (χ2n) is 9.04. The minimum Gasteiger partial charge on any atom is -0.400 e. The Bertz CT molecular complexity index is 703. The van der Waals surface area contributed by atoms with E-state index in [0.29, 0.717) is 0 Å². The molecule has 0 spiro atoms. The third kappa shape index (κ3) is 3.71. The fourth-order valence-corrected chi connectivity index (χ4v) is 9.57. The molecule has 0 amide bonds. The molecule has 4 heteroatoms. The van der Waals surface area contributed by atoms with Gasteiger partial charge in [0.1, 0.15) is 0 Å². The number of rotatable bonds is 6. The van der Waals surface area contributed by atoms with Gasteiger partial charge in [-0.3, -0.25) is 0 Å². The summed E-state index contributed by atoms with van der Waals surface area (Å²) in [6.45, 7) is 9.01. The Morgan fingerprint density at radius 1 is 1.00 bits per heavy atom. The molecule has 0 aliphatic heterocycles. The first-order valence-electron chi connectivity index (χ1n) is 10.5. The average molecular weight is 398 g/mol. The van der Waals surface area contributed by atoms with Crippen molar-refractivity contribution in [2.45, 2.75) is 63.8 Å².